The first-order valence-corrected chi connectivity index (χ1v) is 9.30. The first-order chi connectivity index (χ1) is 10.9. The lowest BCUT2D eigenvalue weighted by atomic mass is 10.3. The third-order valence-electron chi connectivity index (χ3n) is 2.68. The van der Waals surface area contributed by atoms with Crippen molar-refractivity contribution in [2.75, 3.05) is 83.1 Å². The molecule has 0 aromatic heterocycles. The average molecular weight is 365 g/mol. The molecular formula is C18H48BN3O3. The second-order valence-electron chi connectivity index (χ2n) is 9.33. The van der Waals surface area contributed by atoms with Gasteiger partial charge in [0, 0.05) is 0 Å². The van der Waals surface area contributed by atoms with Crippen LogP contribution in [0, 0.1) is 0 Å². The number of nitrogens with zero attached hydrogens (tertiary/aromatic N) is 3. The van der Waals surface area contributed by atoms with Gasteiger partial charge in [0.1, 0.15) is 0 Å². The molecule has 0 rings (SSSR count). The largest absolute Gasteiger partial charge is 0.907 e. The highest BCUT2D eigenvalue weighted by Crippen LogP contribution is 1.91. The molecule has 7 heteroatoms. The molecule has 0 N–H and O–H groups in total. The van der Waals surface area contributed by atoms with E-state index in [0.29, 0.717) is 0 Å². The Hall–Kier alpha value is -0.175. The van der Waals surface area contributed by atoms with Gasteiger partial charge in [-0.05, 0) is 19.3 Å². The second-order valence-corrected chi connectivity index (χ2v) is 9.33. The zero-order valence-corrected chi connectivity index (χ0v) is 19.4. The predicted molar refractivity (Wildman–Crippen MR) is 105 cm³/mol. The fourth-order valence-corrected chi connectivity index (χ4v) is 2.01. The number of hydrogen-bond donors (Lipinski definition) is 0. The number of hydrogen-bond acceptors (Lipinski definition) is 3. The van der Waals surface area contributed by atoms with E-state index in [4.69, 9.17) is 15.1 Å². The van der Waals surface area contributed by atoms with E-state index in [0.717, 1.165) is 13.4 Å². The molecule has 0 heterocycles. The van der Waals surface area contributed by atoms with Gasteiger partial charge in [-0.25, -0.2) is 0 Å². The van der Waals surface area contributed by atoms with E-state index >= 15 is 0 Å². The third kappa shape index (κ3) is 81.2. The molecule has 0 amide bonds. The molecule has 156 valence electrons. The van der Waals surface area contributed by atoms with Crippen LogP contribution in [0.1, 0.15) is 40.0 Å². The standard InChI is InChI=1S/3C6H16N.BO3/c3*1-5-6-7(2,3)4;2-1(3)4/h3*5-6H2,1-4H3;/q3*+1;-3. The van der Waals surface area contributed by atoms with E-state index in [9.17, 15) is 0 Å². The van der Waals surface area contributed by atoms with Crippen molar-refractivity contribution >= 4 is 7.32 Å². The molecule has 0 aliphatic heterocycles. The van der Waals surface area contributed by atoms with Gasteiger partial charge in [-0.1, -0.05) is 20.8 Å². The molecule has 25 heavy (non-hydrogen) atoms. The van der Waals surface area contributed by atoms with Gasteiger partial charge in [-0.15, -0.1) is 0 Å². The Balaban J connectivity index is -0.000000120. The zero-order valence-electron chi connectivity index (χ0n) is 19.4. The Morgan fingerprint density at radius 1 is 0.480 bits per heavy atom. The Labute approximate surface area is 159 Å². The molecule has 0 aromatic carbocycles. The summed E-state index contributed by atoms with van der Waals surface area (Å²) in [5.74, 6) is 0. The molecule has 0 aliphatic rings. The molecule has 0 atom stereocenters. The van der Waals surface area contributed by atoms with Crippen molar-refractivity contribution in [3.05, 3.63) is 0 Å². The Morgan fingerprint density at radius 3 is 0.600 bits per heavy atom. The van der Waals surface area contributed by atoms with Crippen LogP contribution in [-0.4, -0.2) is 104 Å². The maximum absolute atomic E-state index is 8.42. The average Bonchev–Trinajstić information content (AvgIpc) is 2.24. The van der Waals surface area contributed by atoms with Crippen molar-refractivity contribution in [1.29, 1.82) is 0 Å². The molecule has 6 nitrogen and oxygen atoms in total. The quantitative estimate of drug-likeness (QED) is 0.464. The van der Waals surface area contributed by atoms with Crippen molar-refractivity contribution in [2.24, 2.45) is 0 Å². The molecule has 0 aromatic rings. The minimum atomic E-state index is -2.92. The van der Waals surface area contributed by atoms with Gasteiger partial charge in [0.2, 0.25) is 0 Å². The summed E-state index contributed by atoms with van der Waals surface area (Å²) in [5.41, 5.74) is 0. The highest BCUT2D eigenvalue weighted by Gasteiger charge is 2.02. The summed E-state index contributed by atoms with van der Waals surface area (Å²) in [6.45, 7) is 10.5. The van der Waals surface area contributed by atoms with Crippen LogP contribution < -0.4 is 15.1 Å². The highest BCUT2D eigenvalue weighted by atomic mass is 16.5. The molecule has 0 radical (unpaired) electrons. The smallest absolute Gasteiger partial charge is 0.0777 e. The first-order valence-electron chi connectivity index (χ1n) is 9.30. The highest BCUT2D eigenvalue weighted by molar-refractivity contribution is 6.24. The van der Waals surface area contributed by atoms with Gasteiger partial charge < -0.3 is 28.5 Å². The number of quaternary nitrogens is 3. The van der Waals surface area contributed by atoms with E-state index in [1.165, 1.54) is 38.9 Å². The summed E-state index contributed by atoms with van der Waals surface area (Å²) in [6, 6.07) is 0. The van der Waals surface area contributed by atoms with Crippen LogP contribution in [0.15, 0.2) is 0 Å². The zero-order chi connectivity index (χ0) is 21.3. The fourth-order valence-electron chi connectivity index (χ4n) is 2.01. The van der Waals surface area contributed by atoms with E-state index in [-0.39, 0.29) is 0 Å². The van der Waals surface area contributed by atoms with E-state index in [2.05, 4.69) is 84.2 Å². The molecule has 0 saturated heterocycles. The number of rotatable bonds is 6. The van der Waals surface area contributed by atoms with Crippen LogP contribution in [-0.2, 0) is 0 Å². The maximum atomic E-state index is 8.42. The van der Waals surface area contributed by atoms with Gasteiger partial charge in [-0.3, -0.25) is 7.32 Å². The molecule has 0 bridgehead atoms. The summed E-state index contributed by atoms with van der Waals surface area (Å²) < 4.78 is 3.28. The molecule has 0 aliphatic carbocycles. The van der Waals surface area contributed by atoms with E-state index < -0.39 is 7.32 Å². The third-order valence-corrected chi connectivity index (χ3v) is 2.68. The topological polar surface area (TPSA) is 69.2 Å². The fraction of sp³-hybridized carbons (Fsp3) is 1.00. The van der Waals surface area contributed by atoms with Crippen molar-refractivity contribution < 1.29 is 28.5 Å². The minimum absolute atomic E-state index is 1.09. The Kier molecular flexibility index (Phi) is 22.4. The summed E-state index contributed by atoms with van der Waals surface area (Å²) in [7, 11) is 17.0. The second kappa shape index (κ2) is 17.2. The molecule has 0 saturated carbocycles. The first kappa shape index (κ1) is 32.5. The lowest BCUT2D eigenvalue weighted by molar-refractivity contribution is -0.870. The van der Waals surface area contributed by atoms with Crippen LogP contribution in [0.2, 0.25) is 0 Å². The van der Waals surface area contributed by atoms with Gasteiger partial charge >= 0.3 is 0 Å². The molecule has 0 fully saturated rings. The lowest BCUT2D eigenvalue weighted by Crippen LogP contribution is -2.56. The van der Waals surface area contributed by atoms with Crippen LogP contribution in [0.25, 0.3) is 0 Å². The van der Waals surface area contributed by atoms with Crippen molar-refractivity contribution in [2.45, 2.75) is 40.0 Å². The van der Waals surface area contributed by atoms with Crippen molar-refractivity contribution in [3.63, 3.8) is 0 Å². The predicted octanol–water partition coefficient (Wildman–Crippen LogP) is -0.640. The summed E-state index contributed by atoms with van der Waals surface area (Å²) in [5, 5.41) is 25.2. The van der Waals surface area contributed by atoms with Crippen LogP contribution in [0.4, 0.5) is 0 Å². The van der Waals surface area contributed by atoms with Crippen molar-refractivity contribution in [3.8, 4) is 0 Å². The van der Waals surface area contributed by atoms with Gasteiger partial charge in [-0.2, -0.15) is 0 Å². The normalized spacial score (nSPS) is 11.2. The Bertz CT molecular complexity index is 217. The molecule has 0 spiro atoms. The van der Waals surface area contributed by atoms with Crippen LogP contribution >= 0.6 is 0 Å². The molecule has 0 unspecified atom stereocenters. The minimum Gasteiger partial charge on any atom is -0.907 e. The maximum Gasteiger partial charge on any atom is 0.0777 e. The summed E-state index contributed by atoms with van der Waals surface area (Å²) in [6.07, 6.45) is 3.84. The van der Waals surface area contributed by atoms with Crippen LogP contribution in [0.3, 0.4) is 0 Å². The van der Waals surface area contributed by atoms with E-state index in [1.54, 1.807) is 0 Å². The Morgan fingerprint density at radius 2 is 0.600 bits per heavy atom. The SMILES string of the molecule is CCC[N+](C)(C)C.CCC[N+](C)(C)C.CCC[N+](C)(C)C.[O-]B([O-])[O-]. The van der Waals surface area contributed by atoms with Crippen LogP contribution in [0.5, 0.6) is 0 Å². The van der Waals surface area contributed by atoms with Gasteiger partial charge in [0.05, 0.1) is 83.1 Å². The van der Waals surface area contributed by atoms with E-state index in [1.807, 2.05) is 0 Å². The summed E-state index contributed by atoms with van der Waals surface area (Å²) >= 11 is 0. The lowest BCUT2D eigenvalue weighted by Gasteiger charge is -2.35. The summed E-state index contributed by atoms with van der Waals surface area (Å²) in [4.78, 5) is 0. The van der Waals surface area contributed by atoms with Crippen molar-refractivity contribution in [1.82, 2.24) is 0 Å². The van der Waals surface area contributed by atoms with Gasteiger partial charge in [0.15, 0.2) is 0 Å². The van der Waals surface area contributed by atoms with Gasteiger partial charge in [0.25, 0.3) is 0 Å². The monoisotopic (exact) mass is 365 g/mol. The molecular weight excluding hydrogens is 317 g/mol.